The lowest BCUT2D eigenvalue weighted by molar-refractivity contribution is 0.495. The van der Waals surface area contributed by atoms with E-state index in [0.717, 1.165) is 12.3 Å². The number of halogens is 1. The lowest BCUT2D eigenvalue weighted by Crippen LogP contribution is -2.28. The van der Waals surface area contributed by atoms with Crippen LogP contribution in [0, 0.1) is 5.92 Å². The summed E-state index contributed by atoms with van der Waals surface area (Å²) in [6.07, 6.45) is 6.67. The van der Waals surface area contributed by atoms with E-state index in [1.54, 1.807) is 0 Å². The summed E-state index contributed by atoms with van der Waals surface area (Å²) >= 11 is 5.45. The van der Waals surface area contributed by atoms with Crippen LogP contribution < -0.4 is 4.72 Å². The maximum absolute atomic E-state index is 11.4. The Bertz CT molecular complexity index is 261. The van der Waals surface area contributed by atoms with Crippen molar-refractivity contribution in [1.29, 1.82) is 0 Å². The molecule has 1 saturated carbocycles. The van der Waals surface area contributed by atoms with E-state index in [1.165, 1.54) is 25.7 Å². The average Bonchev–Trinajstić information content (AvgIpc) is 2.67. The van der Waals surface area contributed by atoms with Crippen molar-refractivity contribution in [2.75, 3.05) is 18.2 Å². The third-order valence-electron chi connectivity index (χ3n) is 2.90. The second-order valence-corrected chi connectivity index (χ2v) is 6.50. The molecule has 0 bridgehead atoms. The monoisotopic (exact) mass is 253 g/mol. The van der Waals surface area contributed by atoms with Crippen molar-refractivity contribution in [2.45, 2.75) is 38.5 Å². The summed E-state index contributed by atoms with van der Waals surface area (Å²) in [5.74, 6) is 1.30. The van der Waals surface area contributed by atoms with Crippen LogP contribution in [0.1, 0.15) is 38.5 Å². The van der Waals surface area contributed by atoms with E-state index in [2.05, 4.69) is 4.72 Å². The van der Waals surface area contributed by atoms with Crippen molar-refractivity contribution in [3.8, 4) is 0 Å². The zero-order valence-electron chi connectivity index (χ0n) is 9.04. The summed E-state index contributed by atoms with van der Waals surface area (Å²) < 4.78 is 25.4. The molecule has 0 unspecified atom stereocenters. The van der Waals surface area contributed by atoms with Crippen LogP contribution in [0.15, 0.2) is 0 Å². The van der Waals surface area contributed by atoms with Gasteiger partial charge in [0.05, 0.1) is 5.75 Å². The van der Waals surface area contributed by atoms with Gasteiger partial charge in [0, 0.05) is 12.4 Å². The highest BCUT2D eigenvalue weighted by Gasteiger charge is 2.16. The standard InChI is InChI=1S/C10H20ClNO2S/c11-7-3-9-15(13,14)12-8-6-10-4-1-2-5-10/h10,12H,1-9H2. The lowest BCUT2D eigenvalue weighted by atomic mass is 10.1. The number of sulfonamides is 1. The SMILES string of the molecule is O=S(=O)(CCCCl)NCCC1CCCC1. The molecule has 0 aromatic heterocycles. The number of hydrogen-bond donors (Lipinski definition) is 1. The zero-order chi connectivity index (χ0) is 11.1. The Morgan fingerprint density at radius 2 is 1.93 bits per heavy atom. The van der Waals surface area contributed by atoms with Gasteiger partial charge in [-0.25, -0.2) is 13.1 Å². The van der Waals surface area contributed by atoms with Gasteiger partial charge in [0.25, 0.3) is 0 Å². The van der Waals surface area contributed by atoms with Gasteiger partial charge in [0.2, 0.25) is 10.0 Å². The molecule has 1 N–H and O–H groups in total. The van der Waals surface area contributed by atoms with Gasteiger partial charge in [-0.3, -0.25) is 0 Å². The largest absolute Gasteiger partial charge is 0.215 e. The van der Waals surface area contributed by atoms with Gasteiger partial charge in [-0.15, -0.1) is 11.6 Å². The van der Waals surface area contributed by atoms with Crippen molar-refractivity contribution in [2.24, 2.45) is 5.92 Å². The molecule has 3 nitrogen and oxygen atoms in total. The Morgan fingerprint density at radius 1 is 1.27 bits per heavy atom. The Hall–Kier alpha value is 0.200. The summed E-state index contributed by atoms with van der Waals surface area (Å²) in [5, 5.41) is 0. The van der Waals surface area contributed by atoms with E-state index >= 15 is 0 Å². The molecule has 1 aliphatic rings. The van der Waals surface area contributed by atoms with Crippen LogP contribution in [-0.2, 0) is 10.0 Å². The Labute approximate surface area is 97.6 Å². The molecule has 1 aliphatic carbocycles. The molecule has 0 heterocycles. The number of hydrogen-bond acceptors (Lipinski definition) is 2. The second-order valence-electron chi connectivity index (χ2n) is 4.19. The lowest BCUT2D eigenvalue weighted by Gasteiger charge is -2.09. The van der Waals surface area contributed by atoms with Gasteiger partial charge in [-0.1, -0.05) is 25.7 Å². The Balaban J connectivity index is 2.12. The first-order valence-corrected chi connectivity index (χ1v) is 7.86. The summed E-state index contributed by atoms with van der Waals surface area (Å²) in [5.41, 5.74) is 0. The van der Waals surface area contributed by atoms with Crippen molar-refractivity contribution < 1.29 is 8.42 Å². The first-order chi connectivity index (χ1) is 7.14. The van der Waals surface area contributed by atoms with E-state index in [9.17, 15) is 8.42 Å². The number of nitrogens with one attached hydrogen (secondary N) is 1. The normalized spacial score (nSPS) is 18.5. The van der Waals surface area contributed by atoms with Crippen molar-refractivity contribution in [3.63, 3.8) is 0 Å². The van der Waals surface area contributed by atoms with Crippen LogP contribution in [0.25, 0.3) is 0 Å². The van der Waals surface area contributed by atoms with Crippen molar-refractivity contribution in [1.82, 2.24) is 4.72 Å². The predicted molar refractivity (Wildman–Crippen MR) is 63.7 cm³/mol. The molecule has 1 fully saturated rings. The van der Waals surface area contributed by atoms with Gasteiger partial charge >= 0.3 is 0 Å². The molecule has 0 amide bonds. The van der Waals surface area contributed by atoms with Crippen molar-refractivity contribution in [3.05, 3.63) is 0 Å². The van der Waals surface area contributed by atoms with Crippen LogP contribution in [0.3, 0.4) is 0 Å². The molecule has 0 atom stereocenters. The van der Waals surface area contributed by atoms with Gasteiger partial charge in [0.1, 0.15) is 0 Å². The van der Waals surface area contributed by atoms with Crippen molar-refractivity contribution >= 4 is 21.6 Å². The average molecular weight is 254 g/mol. The topological polar surface area (TPSA) is 46.2 Å². The molecule has 0 radical (unpaired) electrons. The molecule has 0 aliphatic heterocycles. The maximum atomic E-state index is 11.4. The van der Waals surface area contributed by atoms with Gasteiger partial charge in [-0.2, -0.15) is 0 Å². The molecule has 1 rings (SSSR count). The molecular formula is C10H20ClNO2S. The molecule has 5 heteroatoms. The van der Waals surface area contributed by atoms with Gasteiger partial charge in [0.15, 0.2) is 0 Å². The fourth-order valence-corrected chi connectivity index (χ4v) is 3.42. The minimum Gasteiger partial charge on any atom is -0.215 e. The highest BCUT2D eigenvalue weighted by Crippen LogP contribution is 2.26. The smallest absolute Gasteiger partial charge is 0.211 e. The van der Waals surface area contributed by atoms with E-state index in [0.29, 0.717) is 18.8 Å². The van der Waals surface area contributed by atoms with Crippen LogP contribution >= 0.6 is 11.6 Å². The number of rotatable bonds is 7. The quantitative estimate of drug-likeness (QED) is 0.707. The summed E-state index contributed by atoms with van der Waals surface area (Å²) in [6, 6.07) is 0. The van der Waals surface area contributed by atoms with E-state index in [1.807, 2.05) is 0 Å². The first kappa shape index (κ1) is 13.3. The molecule has 0 spiro atoms. The fraction of sp³-hybridized carbons (Fsp3) is 1.00. The second kappa shape index (κ2) is 6.71. The van der Waals surface area contributed by atoms with Crippen LogP contribution in [0.4, 0.5) is 0 Å². The number of alkyl halides is 1. The molecule has 90 valence electrons. The van der Waals surface area contributed by atoms with Crippen LogP contribution in [0.5, 0.6) is 0 Å². The zero-order valence-corrected chi connectivity index (χ0v) is 10.6. The highest BCUT2D eigenvalue weighted by molar-refractivity contribution is 7.89. The molecular weight excluding hydrogens is 234 g/mol. The third kappa shape index (κ3) is 5.73. The third-order valence-corrected chi connectivity index (χ3v) is 4.63. The maximum Gasteiger partial charge on any atom is 0.211 e. The summed E-state index contributed by atoms with van der Waals surface area (Å²) in [4.78, 5) is 0. The summed E-state index contributed by atoms with van der Waals surface area (Å²) in [7, 11) is -3.07. The molecule has 0 saturated heterocycles. The molecule has 15 heavy (non-hydrogen) atoms. The Morgan fingerprint density at radius 3 is 2.53 bits per heavy atom. The summed E-state index contributed by atoms with van der Waals surface area (Å²) in [6.45, 7) is 0.593. The minimum atomic E-state index is -3.07. The van der Waals surface area contributed by atoms with E-state index in [-0.39, 0.29) is 5.75 Å². The highest BCUT2D eigenvalue weighted by atomic mass is 35.5. The van der Waals surface area contributed by atoms with Gasteiger partial charge < -0.3 is 0 Å². The molecule has 0 aromatic carbocycles. The van der Waals surface area contributed by atoms with E-state index < -0.39 is 10.0 Å². The van der Waals surface area contributed by atoms with Crippen LogP contribution in [0.2, 0.25) is 0 Å². The fourth-order valence-electron chi connectivity index (χ4n) is 2.03. The Kier molecular flexibility index (Phi) is 5.94. The molecule has 0 aromatic rings. The predicted octanol–water partition coefficient (Wildman–Crippen LogP) is 2.12. The van der Waals surface area contributed by atoms with Gasteiger partial charge in [-0.05, 0) is 18.8 Å². The first-order valence-electron chi connectivity index (χ1n) is 5.67. The van der Waals surface area contributed by atoms with E-state index in [4.69, 9.17) is 11.6 Å². The minimum absolute atomic E-state index is 0.154. The van der Waals surface area contributed by atoms with Crippen LogP contribution in [-0.4, -0.2) is 26.6 Å².